The number of hydrogen-bond acceptors (Lipinski definition) is 2. The van der Waals surface area contributed by atoms with E-state index < -0.39 is 0 Å². The Hall–Kier alpha value is -0.830. The smallest absolute Gasteiger partial charge is 0.111 e. The highest BCUT2D eigenvalue weighted by molar-refractivity contribution is 5.02. The van der Waals surface area contributed by atoms with E-state index in [9.17, 15) is 0 Å². The van der Waals surface area contributed by atoms with Crippen molar-refractivity contribution in [3.63, 3.8) is 0 Å². The second-order valence-electron chi connectivity index (χ2n) is 4.86. The van der Waals surface area contributed by atoms with Crippen LogP contribution in [0.4, 0.5) is 0 Å². The second kappa shape index (κ2) is 4.79. The second-order valence-corrected chi connectivity index (χ2v) is 4.86. The fourth-order valence-corrected chi connectivity index (χ4v) is 2.31. The molecule has 1 saturated heterocycles. The fraction of sp³-hybridized carbons (Fsp3) is 0.750. The van der Waals surface area contributed by atoms with Gasteiger partial charge in [0.2, 0.25) is 0 Å². The molecule has 0 bridgehead atoms. The van der Waals surface area contributed by atoms with Gasteiger partial charge in [-0.25, -0.2) is 4.98 Å². The Balaban J connectivity index is 2.09. The molecule has 1 fully saturated rings. The van der Waals surface area contributed by atoms with Crippen molar-refractivity contribution < 1.29 is 0 Å². The van der Waals surface area contributed by atoms with E-state index in [1.165, 1.54) is 18.7 Å². The maximum Gasteiger partial charge on any atom is 0.111 e. The third-order valence-electron chi connectivity index (χ3n) is 3.01. The number of hydrogen-bond donors (Lipinski definition) is 1. The van der Waals surface area contributed by atoms with Crippen molar-refractivity contribution in [3.05, 3.63) is 18.2 Å². The molecule has 0 unspecified atom stereocenters. The minimum absolute atomic E-state index is 0.667. The van der Waals surface area contributed by atoms with Gasteiger partial charge in [0.1, 0.15) is 5.82 Å². The molecule has 1 N–H and O–H groups in total. The first kappa shape index (κ1) is 10.7. The molecule has 1 aliphatic rings. The van der Waals surface area contributed by atoms with Crippen LogP contribution in [0.2, 0.25) is 0 Å². The summed E-state index contributed by atoms with van der Waals surface area (Å²) in [7, 11) is 0. The molecule has 0 aliphatic carbocycles. The topological polar surface area (TPSA) is 29.9 Å². The highest BCUT2D eigenvalue weighted by Gasteiger charge is 2.19. The van der Waals surface area contributed by atoms with Crippen molar-refractivity contribution in [2.75, 3.05) is 13.1 Å². The number of piperidine rings is 1. The summed E-state index contributed by atoms with van der Waals surface area (Å²) in [5.41, 5.74) is 0. The van der Waals surface area contributed by atoms with Crippen molar-refractivity contribution in [3.8, 4) is 0 Å². The number of rotatable bonds is 3. The molecule has 0 aromatic carbocycles. The van der Waals surface area contributed by atoms with E-state index in [1.54, 1.807) is 0 Å². The first-order chi connectivity index (χ1) is 7.27. The molecule has 3 heteroatoms. The van der Waals surface area contributed by atoms with Crippen LogP contribution in [0.15, 0.2) is 12.4 Å². The molecule has 15 heavy (non-hydrogen) atoms. The van der Waals surface area contributed by atoms with Gasteiger partial charge in [0, 0.05) is 24.9 Å². The van der Waals surface area contributed by atoms with Crippen LogP contribution in [0, 0.1) is 5.92 Å². The number of aromatic nitrogens is 2. The minimum atomic E-state index is 0.667. The van der Waals surface area contributed by atoms with E-state index in [2.05, 4.69) is 34.9 Å². The van der Waals surface area contributed by atoms with Gasteiger partial charge >= 0.3 is 0 Å². The van der Waals surface area contributed by atoms with Crippen LogP contribution in [0.3, 0.4) is 0 Å². The van der Waals surface area contributed by atoms with Gasteiger partial charge in [0.25, 0.3) is 0 Å². The monoisotopic (exact) mass is 207 g/mol. The van der Waals surface area contributed by atoms with Crippen molar-refractivity contribution in [1.82, 2.24) is 14.9 Å². The summed E-state index contributed by atoms with van der Waals surface area (Å²) < 4.78 is 2.33. The molecule has 84 valence electrons. The van der Waals surface area contributed by atoms with Crippen LogP contribution in [0.5, 0.6) is 0 Å². The van der Waals surface area contributed by atoms with Crippen LogP contribution in [0.1, 0.15) is 38.4 Å². The summed E-state index contributed by atoms with van der Waals surface area (Å²) in [4.78, 5) is 4.53. The highest BCUT2D eigenvalue weighted by Crippen LogP contribution is 2.24. The molecule has 3 nitrogen and oxygen atoms in total. The Bertz CT molecular complexity index is 298. The zero-order valence-corrected chi connectivity index (χ0v) is 9.74. The minimum Gasteiger partial charge on any atom is -0.334 e. The Morgan fingerprint density at radius 3 is 2.87 bits per heavy atom. The van der Waals surface area contributed by atoms with Crippen molar-refractivity contribution in [2.45, 2.75) is 39.2 Å². The van der Waals surface area contributed by atoms with E-state index in [4.69, 9.17) is 0 Å². The summed E-state index contributed by atoms with van der Waals surface area (Å²) >= 11 is 0. The molecular weight excluding hydrogens is 186 g/mol. The summed E-state index contributed by atoms with van der Waals surface area (Å²) in [6, 6.07) is 0. The molecule has 0 radical (unpaired) electrons. The van der Waals surface area contributed by atoms with Gasteiger partial charge in [-0.2, -0.15) is 0 Å². The Morgan fingerprint density at radius 1 is 1.47 bits per heavy atom. The van der Waals surface area contributed by atoms with E-state index in [0.717, 1.165) is 19.6 Å². The average Bonchev–Trinajstić information content (AvgIpc) is 2.66. The maximum absolute atomic E-state index is 4.53. The lowest BCUT2D eigenvalue weighted by atomic mass is 9.97. The van der Waals surface area contributed by atoms with Gasteiger partial charge in [0.05, 0.1) is 0 Å². The highest BCUT2D eigenvalue weighted by atomic mass is 15.1. The third-order valence-corrected chi connectivity index (χ3v) is 3.01. The predicted octanol–water partition coefficient (Wildman–Crippen LogP) is 2.01. The first-order valence-corrected chi connectivity index (χ1v) is 5.99. The summed E-state index contributed by atoms with van der Waals surface area (Å²) in [5, 5.41) is 3.40. The summed E-state index contributed by atoms with van der Waals surface area (Å²) in [5.74, 6) is 2.66. The molecule has 1 aromatic rings. The standard InChI is InChI=1S/C12H21N3/c1-10(2)9-15-8-7-14-12(15)11-3-5-13-6-4-11/h7-8,10-11,13H,3-6,9H2,1-2H3. The number of imidazole rings is 1. The Labute approximate surface area is 91.9 Å². The summed E-state index contributed by atoms with van der Waals surface area (Å²) in [6.45, 7) is 7.89. The zero-order valence-electron chi connectivity index (χ0n) is 9.74. The third kappa shape index (κ3) is 2.59. The normalized spacial score (nSPS) is 18.6. The number of nitrogens with one attached hydrogen (secondary N) is 1. The van der Waals surface area contributed by atoms with Crippen molar-refractivity contribution >= 4 is 0 Å². The Kier molecular flexibility index (Phi) is 3.41. The molecule has 0 saturated carbocycles. The predicted molar refractivity (Wildman–Crippen MR) is 61.9 cm³/mol. The van der Waals surface area contributed by atoms with Crippen molar-refractivity contribution in [2.24, 2.45) is 5.92 Å². The summed E-state index contributed by atoms with van der Waals surface area (Å²) in [6.07, 6.45) is 6.53. The van der Waals surface area contributed by atoms with Crippen LogP contribution in [-0.4, -0.2) is 22.6 Å². The SMILES string of the molecule is CC(C)Cn1ccnc1C1CCNCC1. The van der Waals surface area contributed by atoms with Gasteiger partial charge in [-0.05, 0) is 31.8 Å². The van der Waals surface area contributed by atoms with Gasteiger partial charge in [-0.1, -0.05) is 13.8 Å². The number of nitrogens with zero attached hydrogens (tertiary/aromatic N) is 2. The van der Waals surface area contributed by atoms with Crippen LogP contribution >= 0.6 is 0 Å². The lowest BCUT2D eigenvalue weighted by Gasteiger charge is -2.23. The average molecular weight is 207 g/mol. The Morgan fingerprint density at radius 2 is 2.20 bits per heavy atom. The quantitative estimate of drug-likeness (QED) is 0.821. The lowest BCUT2D eigenvalue weighted by Crippen LogP contribution is -2.28. The zero-order chi connectivity index (χ0) is 10.7. The molecule has 0 atom stereocenters. The van der Waals surface area contributed by atoms with E-state index in [1.807, 2.05) is 6.20 Å². The largest absolute Gasteiger partial charge is 0.334 e. The molecule has 0 spiro atoms. The first-order valence-electron chi connectivity index (χ1n) is 5.99. The van der Waals surface area contributed by atoms with Crippen LogP contribution < -0.4 is 5.32 Å². The molecule has 1 aromatic heterocycles. The van der Waals surface area contributed by atoms with Gasteiger partial charge < -0.3 is 9.88 Å². The van der Waals surface area contributed by atoms with Gasteiger partial charge in [-0.3, -0.25) is 0 Å². The maximum atomic E-state index is 4.53. The van der Waals surface area contributed by atoms with Crippen LogP contribution in [-0.2, 0) is 6.54 Å². The van der Waals surface area contributed by atoms with E-state index in [0.29, 0.717) is 11.8 Å². The van der Waals surface area contributed by atoms with Gasteiger partial charge in [-0.15, -0.1) is 0 Å². The van der Waals surface area contributed by atoms with Crippen LogP contribution in [0.25, 0.3) is 0 Å². The molecule has 0 amide bonds. The van der Waals surface area contributed by atoms with Crippen molar-refractivity contribution in [1.29, 1.82) is 0 Å². The van der Waals surface area contributed by atoms with E-state index >= 15 is 0 Å². The molecular formula is C12H21N3. The molecule has 2 rings (SSSR count). The molecule has 2 heterocycles. The fourth-order valence-electron chi connectivity index (χ4n) is 2.31. The van der Waals surface area contributed by atoms with Gasteiger partial charge in [0.15, 0.2) is 0 Å². The lowest BCUT2D eigenvalue weighted by molar-refractivity contribution is 0.415. The molecule has 1 aliphatic heterocycles. The van der Waals surface area contributed by atoms with E-state index in [-0.39, 0.29) is 0 Å².